The van der Waals surface area contributed by atoms with Crippen LogP contribution in [0.2, 0.25) is 0 Å². The lowest BCUT2D eigenvalue weighted by molar-refractivity contribution is -0.153. The molecule has 1 aromatic carbocycles. The van der Waals surface area contributed by atoms with E-state index in [4.69, 9.17) is 9.84 Å². The second-order valence-electron chi connectivity index (χ2n) is 6.60. The molecule has 0 atom stereocenters. The van der Waals surface area contributed by atoms with Crippen molar-refractivity contribution >= 4 is 10.6 Å². The second-order valence-corrected chi connectivity index (χ2v) is 9.07. The fourth-order valence-corrected chi connectivity index (χ4v) is 3.67. The molecule has 0 aliphatic heterocycles. The van der Waals surface area contributed by atoms with Gasteiger partial charge in [-0.15, -0.1) is 0 Å². The summed E-state index contributed by atoms with van der Waals surface area (Å²) in [5.41, 5.74) is 1.24. The lowest BCUT2D eigenvalue weighted by atomic mass is 10.0. The number of nitrogens with zero attached hydrogens (tertiary/aromatic N) is 1. The van der Waals surface area contributed by atoms with Crippen molar-refractivity contribution in [2.24, 2.45) is 0 Å². The van der Waals surface area contributed by atoms with E-state index in [1.165, 1.54) is 35.0 Å². The van der Waals surface area contributed by atoms with Gasteiger partial charge in [0.25, 0.3) is 5.56 Å². The van der Waals surface area contributed by atoms with Crippen LogP contribution in [0.4, 0.5) is 13.2 Å². The molecule has 0 saturated heterocycles. The van der Waals surface area contributed by atoms with E-state index in [0.717, 1.165) is 0 Å². The number of ether oxygens (including phenoxy) is 1. The van der Waals surface area contributed by atoms with Gasteiger partial charge in [-0.2, -0.15) is 23.8 Å². The van der Waals surface area contributed by atoms with Gasteiger partial charge in [0.1, 0.15) is 5.75 Å². The minimum Gasteiger partial charge on any atom is -0.483 e. The first-order chi connectivity index (χ1) is 13.5. The standard InChI is InChI=1S/C19H24F3NO5S/c1-3-29(26,27)11-14-4-5-17(28-12-19(20,21)22)16(9-14)15-8-13(2)18(25)23(10-15)6-7-24/h4-5,8-10,24,26-27H,3,6-7,11-12H2,1-2H3. The van der Waals surface area contributed by atoms with Crippen molar-refractivity contribution in [2.75, 3.05) is 19.0 Å². The maximum absolute atomic E-state index is 12.6. The summed E-state index contributed by atoms with van der Waals surface area (Å²) in [5.74, 6) is 0.0492. The Balaban J connectivity index is 2.57. The quantitative estimate of drug-likeness (QED) is 0.582. The van der Waals surface area contributed by atoms with Crippen molar-refractivity contribution in [2.45, 2.75) is 32.3 Å². The fourth-order valence-electron chi connectivity index (χ4n) is 2.75. The van der Waals surface area contributed by atoms with Crippen LogP contribution >= 0.6 is 10.6 Å². The molecule has 2 rings (SSSR count). The van der Waals surface area contributed by atoms with Crippen molar-refractivity contribution in [3.63, 3.8) is 0 Å². The predicted octanol–water partition coefficient (Wildman–Crippen LogP) is 4.03. The van der Waals surface area contributed by atoms with Gasteiger partial charge >= 0.3 is 6.18 Å². The van der Waals surface area contributed by atoms with Crippen molar-refractivity contribution in [1.29, 1.82) is 0 Å². The molecule has 1 aromatic heterocycles. The van der Waals surface area contributed by atoms with E-state index in [-0.39, 0.29) is 41.5 Å². The van der Waals surface area contributed by atoms with Crippen LogP contribution in [0.5, 0.6) is 5.75 Å². The lowest BCUT2D eigenvalue weighted by Crippen LogP contribution is -2.23. The number of alkyl halides is 3. The van der Waals surface area contributed by atoms with Gasteiger partial charge in [-0.05, 0) is 37.6 Å². The van der Waals surface area contributed by atoms with Crippen molar-refractivity contribution < 1.29 is 32.1 Å². The van der Waals surface area contributed by atoms with E-state index in [2.05, 4.69) is 0 Å². The van der Waals surface area contributed by atoms with Gasteiger partial charge in [0.05, 0.1) is 12.4 Å². The van der Waals surface area contributed by atoms with Gasteiger partial charge in [-0.1, -0.05) is 6.07 Å². The maximum atomic E-state index is 12.6. The third-order valence-corrected chi connectivity index (χ3v) is 5.93. The number of halogens is 3. The number of aliphatic hydroxyl groups excluding tert-OH is 1. The fraction of sp³-hybridized carbons (Fsp3) is 0.421. The average molecular weight is 435 g/mol. The van der Waals surface area contributed by atoms with Crippen molar-refractivity contribution in [3.05, 3.63) is 51.9 Å². The van der Waals surface area contributed by atoms with Crippen LogP contribution in [0, 0.1) is 6.92 Å². The van der Waals surface area contributed by atoms with Crippen LogP contribution in [0.15, 0.2) is 35.3 Å². The van der Waals surface area contributed by atoms with E-state index in [9.17, 15) is 27.1 Å². The van der Waals surface area contributed by atoms with Gasteiger partial charge in [-0.3, -0.25) is 13.9 Å². The predicted molar refractivity (Wildman–Crippen MR) is 107 cm³/mol. The lowest BCUT2D eigenvalue weighted by Gasteiger charge is -2.31. The summed E-state index contributed by atoms with van der Waals surface area (Å²) in [7, 11) is -2.86. The molecular weight excluding hydrogens is 411 g/mol. The molecule has 0 bridgehead atoms. The number of aryl methyl sites for hydroxylation is 1. The highest BCUT2D eigenvalue weighted by Gasteiger charge is 2.29. The smallest absolute Gasteiger partial charge is 0.422 e. The Morgan fingerprint density at radius 3 is 2.48 bits per heavy atom. The molecule has 1 heterocycles. The van der Waals surface area contributed by atoms with E-state index in [1.807, 2.05) is 0 Å². The summed E-state index contributed by atoms with van der Waals surface area (Å²) < 4.78 is 64.2. The van der Waals surface area contributed by atoms with E-state index in [1.54, 1.807) is 13.8 Å². The molecule has 0 aliphatic carbocycles. The molecule has 2 aromatic rings. The molecule has 0 unspecified atom stereocenters. The number of benzene rings is 1. The number of hydrogen-bond acceptors (Lipinski definition) is 5. The molecule has 3 N–H and O–H groups in total. The molecular formula is C19H24F3NO5S. The summed E-state index contributed by atoms with van der Waals surface area (Å²) in [6.45, 7) is 1.46. The zero-order valence-electron chi connectivity index (χ0n) is 16.1. The topological polar surface area (TPSA) is 91.9 Å². The van der Waals surface area contributed by atoms with Crippen LogP contribution in [0.1, 0.15) is 18.1 Å². The summed E-state index contributed by atoms with van der Waals surface area (Å²) in [4.78, 5) is 12.2. The largest absolute Gasteiger partial charge is 0.483 e. The number of aromatic nitrogens is 1. The monoisotopic (exact) mass is 435 g/mol. The minimum absolute atomic E-state index is 0.0301. The van der Waals surface area contributed by atoms with Crippen LogP contribution < -0.4 is 10.3 Å². The zero-order valence-corrected chi connectivity index (χ0v) is 16.9. The highest BCUT2D eigenvalue weighted by molar-refractivity contribution is 8.23. The molecule has 0 aliphatic rings. The molecule has 0 saturated carbocycles. The first-order valence-electron chi connectivity index (χ1n) is 8.84. The Kier molecular flexibility index (Phi) is 7.39. The maximum Gasteiger partial charge on any atom is 0.422 e. The molecule has 0 fully saturated rings. The summed E-state index contributed by atoms with van der Waals surface area (Å²) in [6.07, 6.45) is -3.10. The summed E-state index contributed by atoms with van der Waals surface area (Å²) in [6, 6.07) is 5.87. The van der Waals surface area contributed by atoms with Crippen molar-refractivity contribution in [1.82, 2.24) is 4.57 Å². The second kappa shape index (κ2) is 9.21. The van der Waals surface area contributed by atoms with Gasteiger partial charge in [-0.25, -0.2) is 0 Å². The Hall–Kier alpha value is -2.01. The molecule has 6 nitrogen and oxygen atoms in total. The minimum atomic E-state index is -4.53. The highest BCUT2D eigenvalue weighted by Crippen LogP contribution is 2.43. The van der Waals surface area contributed by atoms with Crippen LogP contribution in [0.3, 0.4) is 0 Å². The first-order valence-corrected chi connectivity index (χ1v) is 10.7. The SMILES string of the molecule is CCS(O)(O)Cc1ccc(OCC(F)(F)F)c(-c2cc(C)c(=O)n(CCO)c2)c1. The summed E-state index contributed by atoms with van der Waals surface area (Å²) in [5, 5.41) is 9.16. The highest BCUT2D eigenvalue weighted by atomic mass is 32.3. The van der Waals surface area contributed by atoms with Gasteiger partial charge < -0.3 is 14.4 Å². The van der Waals surface area contributed by atoms with Gasteiger partial charge in [0.15, 0.2) is 6.61 Å². The Morgan fingerprint density at radius 2 is 1.90 bits per heavy atom. The van der Waals surface area contributed by atoms with E-state index >= 15 is 0 Å². The first kappa shape index (κ1) is 23.3. The third-order valence-electron chi connectivity index (χ3n) is 4.21. The van der Waals surface area contributed by atoms with E-state index < -0.39 is 23.4 Å². The molecule has 162 valence electrons. The van der Waals surface area contributed by atoms with E-state index in [0.29, 0.717) is 16.7 Å². The van der Waals surface area contributed by atoms with Crippen LogP contribution in [0.25, 0.3) is 11.1 Å². The number of hydrogen-bond donors (Lipinski definition) is 3. The van der Waals surface area contributed by atoms with Crippen LogP contribution in [-0.2, 0) is 12.3 Å². The third kappa shape index (κ3) is 6.49. The number of aliphatic hydroxyl groups is 1. The molecule has 0 amide bonds. The Morgan fingerprint density at radius 1 is 1.21 bits per heavy atom. The van der Waals surface area contributed by atoms with Crippen molar-refractivity contribution in [3.8, 4) is 16.9 Å². The normalized spacial score (nSPS) is 12.8. The molecule has 0 spiro atoms. The van der Waals surface area contributed by atoms with Gasteiger partial charge in [0.2, 0.25) is 0 Å². The average Bonchev–Trinajstić information content (AvgIpc) is 2.63. The van der Waals surface area contributed by atoms with Gasteiger partial charge in [0, 0.05) is 35.2 Å². The summed E-state index contributed by atoms with van der Waals surface area (Å²) >= 11 is 0. The Labute approximate surface area is 167 Å². The zero-order chi connectivity index (χ0) is 21.8. The molecule has 0 radical (unpaired) electrons. The molecule has 29 heavy (non-hydrogen) atoms. The number of rotatable bonds is 8. The number of pyridine rings is 1. The van der Waals surface area contributed by atoms with Crippen LogP contribution in [-0.4, -0.2) is 43.9 Å². The Bertz CT molecular complexity index is 912. The molecule has 10 heteroatoms.